The van der Waals surface area contributed by atoms with Crippen LogP contribution in [0.1, 0.15) is 22.9 Å². The van der Waals surface area contributed by atoms with Gasteiger partial charge in [0.15, 0.2) is 0 Å². The van der Waals surface area contributed by atoms with Crippen LogP contribution in [-0.2, 0) is 9.59 Å². The van der Waals surface area contributed by atoms with Gasteiger partial charge in [0.05, 0.1) is 34.8 Å². The molecule has 170 valence electrons. The maximum absolute atomic E-state index is 13.2. The lowest BCUT2D eigenvalue weighted by Crippen LogP contribution is -2.35. The molecule has 2 aromatic carbocycles. The summed E-state index contributed by atoms with van der Waals surface area (Å²) in [7, 11) is 3.82. The molecule has 1 aliphatic rings. The predicted molar refractivity (Wildman–Crippen MR) is 130 cm³/mol. The molecule has 1 amide bonds. The summed E-state index contributed by atoms with van der Waals surface area (Å²) in [6.07, 6.45) is 1.53. The molecule has 1 N–H and O–H groups in total. The van der Waals surface area contributed by atoms with Crippen molar-refractivity contribution in [3.63, 3.8) is 0 Å². The molecule has 4 rings (SSSR count). The van der Waals surface area contributed by atoms with Crippen molar-refractivity contribution in [3.05, 3.63) is 87.7 Å². The summed E-state index contributed by atoms with van der Waals surface area (Å²) in [6, 6.07) is 16.3. The van der Waals surface area contributed by atoms with Crippen molar-refractivity contribution in [3.8, 4) is 5.69 Å². The van der Waals surface area contributed by atoms with Gasteiger partial charge in [0, 0.05) is 17.6 Å². The average molecular weight is 509 g/mol. The second kappa shape index (κ2) is 9.33. The van der Waals surface area contributed by atoms with Gasteiger partial charge in [-0.05, 0) is 50.8 Å². The van der Waals surface area contributed by atoms with Crippen LogP contribution in [0, 0.1) is 6.92 Å². The van der Waals surface area contributed by atoms with Gasteiger partial charge in [0.2, 0.25) is 0 Å². The van der Waals surface area contributed by atoms with E-state index in [1.807, 2.05) is 80.5 Å². The molecule has 0 bridgehead atoms. The van der Waals surface area contributed by atoms with Crippen LogP contribution in [0.15, 0.2) is 70.8 Å². The quantitative estimate of drug-likeness (QED) is 0.310. The lowest BCUT2D eigenvalue weighted by Gasteiger charge is -2.26. The number of aromatic nitrogens is 2. The first-order valence-electron chi connectivity index (χ1n) is 10.6. The molecule has 1 aromatic heterocycles. The molecule has 2 heterocycles. The summed E-state index contributed by atoms with van der Waals surface area (Å²) in [4.78, 5) is 29.7. The van der Waals surface area contributed by atoms with E-state index in [0.29, 0.717) is 24.3 Å². The zero-order valence-electron chi connectivity index (χ0n) is 18.7. The molecule has 0 aliphatic carbocycles. The van der Waals surface area contributed by atoms with Gasteiger partial charge in [-0.3, -0.25) is 9.59 Å². The Kier molecular flexibility index (Phi) is 6.49. The lowest BCUT2D eigenvalue weighted by atomic mass is 9.95. The zero-order valence-corrected chi connectivity index (χ0v) is 20.3. The molecular formula is C25H25BrN4O3. The summed E-state index contributed by atoms with van der Waals surface area (Å²) in [6.45, 7) is 2.77. The normalized spacial score (nSPS) is 17.8. The summed E-state index contributed by atoms with van der Waals surface area (Å²) < 4.78 is 2.52. The van der Waals surface area contributed by atoms with Gasteiger partial charge < -0.3 is 14.9 Å². The Bertz CT molecular complexity index is 1230. The fourth-order valence-electron chi connectivity index (χ4n) is 4.06. The summed E-state index contributed by atoms with van der Waals surface area (Å²) >= 11 is 3.48. The minimum absolute atomic E-state index is 0.0765. The maximum atomic E-state index is 13.2. The second-order valence-corrected chi connectivity index (χ2v) is 9.16. The topological polar surface area (TPSA) is 78.7 Å². The van der Waals surface area contributed by atoms with Crippen LogP contribution in [0.5, 0.6) is 0 Å². The molecular weight excluding hydrogens is 484 g/mol. The van der Waals surface area contributed by atoms with Crippen LogP contribution in [0.25, 0.3) is 11.4 Å². The van der Waals surface area contributed by atoms with Crippen molar-refractivity contribution in [2.24, 2.45) is 0 Å². The number of hydrogen-bond donors (Lipinski definition) is 1. The van der Waals surface area contributed by atoms with E-state index in [0.717, 1.165) is 15.7 Å². The van der Waals surface area contributed by atoms with Crippen molar-refractivity contribution in [1.82, 2.24) is 19.6 Å². The number of aliphatic hydroxyl groups is 1. The number of para-hydroxylation sites is 1. The van der Waals surface area contributed by atoms with Crippen LogP contribution >= 0.6 is 15.9 Å². The number of halogens is 1. The Morgan fingerprint density at radius 2 is 1.85 bits per heavy atom. The van der Waals surface area contributed by atoms with Crippen LogP contribution in [0.2, 0.25) is 0 Å². The molecule has 1 fully saturated rings. The van der Waals surface area contributed by atoms with E-state index in [9.17, 15) is 14.7 Å². The largest absolute Gasteiger partial charge is 0.507 e. The average Bonchev–Trinajstić information content (AvgIpc) is 3.30. The van der Waals surface area contributed by atoms with Crippen molar-refractivity contribution in [1.29, 1.82) is 0 Å². The Morgan fingerprint density at radius 1 is 1.12 bits per heavy atom. The van der Waals surface area contributed by atoms with Crippen LogP contribution in [0.3, 0.4) is 0 Å². The molecule has 1 atom stereocenters. The molecule has 3 aromatic rings. The number of carbonyl (C=O) groups excluding carboxylic acids is 2. The smallest absolute Gasteiger partial charge is 0.295 e. The van der Waals surface area contributed by atoms with E-state index in [2.05, 4.69) is 21.0 Å². The molecule has 0 spiro atoms. The third-order valence-electron chi connectivity index (χ3n) is 5.76. The van der Waals surface area contributed by atoms with Gasteiger partial charge in [0.1, 0.15) is 5.76 Å². The number of aliphatic hydroxyl groups excluding tert-OH is 1. The second-order valence-electron chi connectivity index (χ2n) is 8.24. The number of rotatable bonds is 6. The number of likely N-dealkylation sites (N-methyl/N-ethyl adjacent to an activating group) is 1. The highest BCUT2D eigenvalue weighted by atomic mass is 79.9. The SMILES string of the molecule is Cc1c(C(O)=C2C(=O)C(=O)N(CCN(C)C)[C@@H]2c2cccc(Br)c2)cnn1-c1ccccc1. The van der Waals surface area contributed by atoms with Crippen LogP contribution < -0.4 is 0 Å². The first-order chi connectivity index (χ1) is 15.8. The number of likely N-dealkylation sites (tertiary alicyclic amines) is 1. The van der Waals surface area contributed by atoms with Gasteiger partial charge in [-0.25, -0.2) is 4.68 Å². The highest BCUT2D eigenvalue weighted by molar-refractivity contribution is 9.10. The number of ketones is 1. The number of amides is 1. The molecule has 1 aliphatic heterocycles. The van der Waals surface area contributed by atoms with E-state index < -0.39 is 17.7 Å². The first-order valence-corrected chi connectivity index (χ1v) is 11.4. The Morgan fingerprint density at radius 3 is 2.52 bits per heavy atom. The highest BCUT2D eigenvalue weighted by Gasteiger charge is 2.46. The predicted octanol–water partition coefficient (Wildman–Crippen LogP) is 3.93. The Balaban J connectivity index is 1.85. The number of hydrogen-bond acceptors (Lipinski definition) is 5. The number of carbonyl (C=O) groups is 2. The minimum atomic E-state index is -0.693. The van der Waals surface area contributed by atoms with Crippen LogP contribution in [-0.4, -0.2) is 63.6 Å². The number of nitrogens with zero attached hydrogens (tertiary/aromatic N) is 4. The molecule has 1 saturated heterocycles. The van der Waals surface area contributed by atoms with Gasteiger partial charge in [-0.2, -0.15) is 5.10 Å². The van der Waals surface area contributed by atoms with Gasteiger partial charge in [-0.1, -0.05) is 46.3 Å². The molecule has 0 saturated carbocycles. The van der Waals surface area contributed by atoms with E-state index in [1.165, 1.54) is 11.1 Å². The molecule has 0 radical (unpaired) electrons. The minimum Gasteiger partial charge on any atom is -0.507 e. The fourth-order valence-corrected chi connectivity index (χ4v) is 4.48. The van der Waals surface area contributed by atoms with E-state index in [1.54, 1.807) is 4.68 Å². The first kappa shape index (κ1) is 22.9. The van der Waals surface area contributed by atoms with E-state index >= 15 is 0 Å². The van der Waals surface area contributed by atoms with Crippen molar-refractivity contribution in [2.45, 2.75) is 13.0 Å². The van der Waals surface area contributed by atoms with Gasteiger partial charge >= 0.3 is 0 Å². The highest BCUT2D eigenvalue weighted by Crippen LogP contribution is 2.40. The molecule has 8 heteroatoms. The zero-order chi connectivity index (χ0) is 23.7. The lowest BCUT2D eigenvalue weighted by molar-refractivity contribution is -0.140. The monoisotopic (exact) mass is 508 g/mol. The molecule has 7 nitrogen and oxygen atoms in total. The summed E-state index contributed by atoms with van der Waals surface area (Å²) in [5.74, 6) is -1.52. The van der Waals surface area contributed by atoms with Crippen LogP contribution in [0.4, 0.5) is 0 Å². The Hall–Kier alpha value is -3.23. The molecule has 33 heavy (non-hydrogen) atoms. The summed E-state index contributed by atoms with van der Waals surface area (Å²) in [5.41, 5.74) is 2.75. The van der Waals surface area contributed by atoms with E-state index in [4.69, 9.17) is 0 Å². The van der Waals surface area contributed by atoms with Gasteiger partial charge in [0.25, 0.3) is 11.7 Å². The summed E-state index contributed by atoms with van der Waals surface area (Å²) in [5, 5.41) is 15.8. The number of benzene rings is 2. The Labute approximate surface area is 201 Å². The fraction of sp³-hybridized carbons (Fsp3) is 0.240. The number of Topliss-reactive ketones (excluding diaryl/α,β-unsaturated/α-hetero) is 1. The van der Waals surface area contributed by atoms with Crippen molar-refractivity contribution < 1.29 is 14.7 Å². The molecule has 0 unspecified atom stereocenters. The third kappa shape index (κ3) is 4.36. The third-order valence-corrected chi connectivity index (χ3v) is 6.25. The van der Waals surface area contributed by atoms with Crippen molar-refractivity contribution >= 4 is 33.4 Å². The van der Waals surface area contributed by atoms with Crippen molar-refractivity contribution in [2.75, 3.05) is 27.2 Å². The van der Waals surface area contributed by atoms with Gasteiger partial charge in [-0.15, -0.1) is 0 Å². The van der Waals surface area contributed by atoms with E-state index in [-0.39, 0.29) is 11.3 Å². The standard InChI is InChI=1S/C25H25BrN4O3/c1-16-20(15-27-30(16)19-10-5-4-6-11-19)23(31)21-22(17-8-7-9-18(26)14-17)29(13-12-28(2)3)25(33)24(21)32/h4-11,14-15,22,31H,12-13H2,1-3H3/t22-/m1/s1. The maximum Gasteiger partial charge on any atom is 0.295 e.